The third-order valence-electron chi connectivity index (χ3n) is 3.67. The van der Waals surface area contributed by atoms with Gasteiger partial charge in [-0.05, 0) is 44.4 Å². The van der Waals surface area contributed by atoms with E-state index in [0.29, 0.717) is 5.92 Å². The lowest BCUT2D eigenvalue weighted by molar-refractivity contribution is 0.104. The van der Waals surface area contributed by atoms with E-state index >= 15 is 0 Å². The maximum atomic E-state index is 5.49. The molecule has 0 amide bonds. The van der Waals surface area contributed by atoms with Crippen LogP contribution in [0.25, 0.3) is 0 Å². The van der Waals surface area contributed by atoms with Crippen molar-refractivity contribution in [3.8, 4) is 0 Å². The standard InChI is InChI=1S/C15H17NO/c1-9-7-10(2)14(11(3)8-9)15-12-5-4-6-13(12)17-16-15/h4,6-8,12-13H,5H2,1-3H3/t12-,13+/m0/s1. The average Bonchev–Trinajstić information content (AvgIpc) is 2.80. The molecular weight excluding hydrogens is 210 g/mol. The lowest BCUT2D eigenvalue weighted by Crippen LogP contribution is -2.19. The molecule has 0 radical (unpaired) electrons. The van der Waals surface area contributed by atoms with E-state index < -0.39 is 0 Å². The highest BCUT2D eigenvalue weighted by molar-refractivity contribution is 6.05. The molecule has 1 aromatic rings. The van der Waals surface area contributed by atoms with Crippen LogP contribution >= 0.6 is 0 Å². The van der Waals surface area contributed by atoms with Gasteiger partial charge in [-0.1, -0.05) is 28.9 Å². The molecular formula is C15H17NO. The Hall–Kier alpha value is -1.57. The lowest BCUT2D eigenvalue weighted by atomic mass is 9.88. The Labute approximate surface area is 102 Å². The van der Waals surface area contributed by atoms with Crippen molar-refractivity contribution >= 4 is 5.71 Å². The van der Waals surface area contributed by atoms with E-state index in [-0.39, 0.29) is 6.10 Å². The summed E-state index contributed by atoms with van der Waals surface area (Å²) in [5, 5.41) is 4.31. The summed E-state index contributed by atoms with van der Waals surface area (Å²) in [5.41, 5.74) is 6.33. The van der Waals surface area contributed by atoms with E-state index in [0.717, 1.165) is 12.1 Å². The maximum Gasteiger partial charge on any atom is 0.154 e. The predicted octanol–water partition coefficient (Wildman–Crippen LogP) is 3.29. The molecule has 1 heterocycles. The molecule has 0 fully saturated rings. The first-order valence-corrected chi connectivity index (χ1v) is 6.15. The third kappa shape index (κ3) is 1.59. The molecule has 0 unspecified atom stereocenters. The molecule has 2 nitrogen and oxygen atoms in total. The van der Waals surface area contributed by atoms with Gasteiger partial charge in [0, 0.05) is 5.56 Å². The van der Waals surface area contributed by atoms with Crippen molar-refractivity contribution in [1.82, 2.24) is 0 Å². The fourth-order valence-corrected chi connectivity index (χ4v) is 3.00. The van der Waals surface area contributed by atoms with Crippen molar-refractivity contribution in [3.63, 3.8) is 0 Å². The molecule has 0 spiro atoms. The smallest absolute Gasteiger partial charge is 0.154 e. The highest BCUT2D eigenvalue weighted by atomic mass is 16.6. The van der Waals surface area contributed by atoms with Gasteiger partial charge < -0.3 is 4.84 Å². The van der Waals surface area contributed by atoms with Gasteiger partial charge in [0.1, 0.15) is 0 Å². The molecule has 88 valence electrons. The third-order valence-corrected chi connectivity index (χ3v) is 3.67. The molecule has 17 heavy (non-hydrogen) atoms. The number of nitrogens with zero attached hydrogens (tertiary/aromatic N) is 1. The minimum absolute atomic E-state index is 0.171. The van der Waals surface area contributed by atoms with Crippen LogP contribution in [-0.4, -0.2) is 11.8 Å². The Balaban J connectivity index is 2.06. The van der Waals surface area contributed by atoms with E-state index in [9.17, 15) is 0 Å². The second-order valence-corrected chi connectivity index (χ2v) is 5.09. The van der Waals surface area contributed by atoms with E-state index in [1.54, 1.807) is 0 Å². The van der Waals surface area contributed by atoms with Crippen LogP contribution in [0.1, 0.15) is 28.7 Å². The van der Waals surface area contributed by atoms with Crippen LogP contribution < -0.4 is 0 Å². The number of aryl methyl sites for hydroxylation is 3. The number of rotatable bonds is 1. The highest BCUT2D eigenvalue weighted by Crippen LogP contribution is 2.33. The minimum atomic E-state index is 0.171. The van der Waals surface area contributed by atoms with Gasteiger partial charge in [-0.25, -0.2) is 0 Å². The van der Waals surface area contributed by atoms with Crippen molar-refractivity contribution in [2.24, 2.45) is 11.1 Å². The van der Waals surface area contributed by atoms with E-state index in [2.05, 4.69) is 50.2 Å². The van der Waals surface area contributed by atoms with Gasteiger partial charge in [-0.15, -0.1) is 0 Å². The zero-order valence-electron chi connectivity index (χ0n) is 10.5. The number of fused-ring (bicyclic) bond motifs is 1. The van der Waals surface area contributed by atoms with Gasteiger partial charge in [-0.2, -0.15) is 0 Å². The first-order chi connectivity index (χ1) is 8.16. The molecule has 1 aliphatic heterocycles. The largest absolute Gasteiger partial charge is 0.387 e. The molecule has 2 aliphatic rings. The van der Waals surface area contributed by atoms with E-state index in [4.69, 9.17) is 4.84 Å². The fourth-order valence-electron chi connectivity index (χ4n) is 3.00. The van der Waals surface area contributed by atoms with Crippen molar-refractivity contribution < 1.29 is 4.84 Å². The Bertz CT molecular complexity index is 505. The molecule has 3 rings (SSSR count). The molecule has 1 aromatic carbocycles. The van der Waals surface area contributed by atoms with Crippen molar-refractivity contribution in [2.75, 3.05) is 0 Å². The van der Waals surface area contributed by atoms with Crippen molar-refractivity contribution in [2.45, 2.75) is 33.3 Å². The van der Waals surface area contributed by atoms with Crippen LogP contribution in [0.5, 0.6) is 0 Å². The van der Waals surface area contributed by atoms with Gasteiger partial charge in [0.15, 0.2) is 6.10 Å². The lowest BCUT2D eigenvalue weighted by Gasteiger charge is -2.14. The predicted molar refractivity (Wildman–Crippen MR) is 69.3 cm³/mol. The SMILES string of the molecule is Cc1cc(C)c(C2=NO[C@@H]3C=CC[C@H]23)c(C)c1. The molecule has 2 atom stereocenters. The summed E-state index contributed by atoms with van der Waals surface area (Å²) >= 11 is 0. The van der Waals surface area contributed by atoms with Crippen LogP contribution in [-0.2, 0) is 4.84 Å². The first kappa shape index (κ1) is 10.6. The van der Waals surface area contributed by atoms with Gasteiger partial charge in [-0.3, -0.25) is 0 Å². The van der Waals surface area contributed by atoms with Crippen molar-refractivity contribution in [1.29, 1.82) is 0 Å². The highest BCUT2D eigenvalue weighted by Gasteiger charge is 2.36. The normalized spacial score (nSPS) is 25.7. The van der Waals surface area contributed by atoms with Crippen LogP contribution in [0.15, 0.2) is 29.4 Å². The molecule has 2 heteroatoms. The number of hydrogen-bond acceptors (Lipinski definition) is 2. The Morgan fingerprint density at radius 2 is 1.88 bits per heavy atom. The second-order valence-electron chi connectivity index (χ2n) is 5.09. The number of hydrogen-bond donors (Lipinski definition) is 0. The Morgan fingerprint density at radius 1 is 1.18 bits per heavy atom. The quantitative estimate of drug-likeness (QED) is 0.675. The molecule has 0 bridgehead atoms. The number of benzene rings is 1. The van der Waals surface area contributed by atoms with Crippen molar-refractivity contribution in [3.05, 3.63) is 46.5 Å². The zero-order chi connectivity index (χ0) is 12.0. The Morgan fingerprint density at radius 3 is 2.59 bits per heavy atom. The zero-order valence-corrected chi connectivity index (χ0v) is 10.5. The first-order valence-electron chi connectivity index (χ1n) is 6.15. The average molecular weight is 227 g/mol. The number of allylic oxidation sites excluding steroid dienone is 1. The molecule has 1 aliphatic carbocycles. The summed E-state index contributed by atoms with van der Waals surface area (Å²) in [6.07, 6.45) is 5.55. The van der Waals surface area contributed by atoms with Crippen LogP contribution in [0.4, 0.5) is 0 Å². The van der Waals surface area contributed by atoms with Crippen LogP contribution in [0.2, 0.25) is 0 Å². The van der Waals surface area contributed by atoms with Crippen LogP contribution in [0.3, 0.4) is 0 Å². The topological polar surface area (TPSA) is 21.6 Å². The minimum Gasteiger partial charge on any atom is -0.387 e. The monoisotopic (exact) mass is 227 g/mol. The molecule has 0 N–H and O–H groups in total. The number of oxime groups is 1. The van der Waals surface area contributed by atoms with E-state index in [1.165, 1.54) is 22.3 Å². The fraction of sp³-hybridized carbons (Fsp3) is 0.400. The van der Waals surface area contributed by atoms with Gasteiger partial charge >= 0.3 is 0 Å². The van der Waals surface area contributed by atoms with Gasteiger partial charge in [0.2, 0.25) is 0 Å². The molecule has 0 saturated carbocycles. The summed E-state index contributed by atoms with van der Waals surface area (Å²) in [6.45, 7) is 6.46. The van der Waals surface area contributed by atoms with E-state index in [1.807, 2.05) is 0 Å². The molecule has 0 saturated heterocycles. The molecule has 0 aromatic heterocycles. The maximum absolute atomic E-state index is 5.49. The summed E-state index contributed by atoms with van der Waals surface area (Å²) in [5.74, 6) is 0.426. The Kier molecular flexibility index (Phi) is 2.32. The van der Waals surface area contributed by atoms with Gasteiger partial charge in [0.25, 0.3) is 0 Å². The second kappa shape index (κ2) is 3.73. The summed E-state index contributed by atoms with van der Waals surface area (Å²) in [7, 11) is 0. The summed E-state index contributed by atoms with van der Waals surface area (Å²) in [4.78, 5) is 5.49. The van der Waals surface area contributed by atoms with Crippen LogP contribution in [0, 0.1) is 26.7 Å². The summed E-state index contributed by atoms with van der Waals surface area (Å²) in [6, 6.07) is 4.45. The van der Waals surface area contributed by atoms with Gasteiger partial charge in [0.05, 0.1) is 11.6 Å². The summed E-state index contributed by atoms with van der Waals surface area (Å²) < 4.78 is 0.